The van der Waals surface area contributed by atoms with Crippen molar-refractivity contribution >= 4 is 46.6 Å². The fraction of sp³-hybridized carbons (Fsp3) is 0.133. The molecule has 0 saturated carbocycles. The van der Waals surface area contributed by atoms with Gasteiger partial charge in [-0.1, -0.05) is 29.3 Å². The molecule has 1 amide bonds. The molecule has 0 unspecified atom stereocenters. The number of hydrogen-bond acceptors (Lipinski definition) is 2. The van der Waals surface area contributed by atoms with Gasteiger partial charge in [-0.15, -0.1) is 11.8 Å². The van der Waals surface area contributed by atoms with E-state index < -0.39 is 11.6 Å². The zero-order chi connectivity index (χ0) is 16.1. The van der Waals surface area contributed by atoms with E-state index in [0.717, 1.165) is 17.7 Å². The number of carbonyl (C=O) groups excluding carboxylic acids is 1. The van der Waals surface area contributed by atoms with Gasteiger partial charge in [-0.25, -0.2) is 8.78 Å². The molecule has 0 bridgehead atoms. The number of carbonyl (C=O) groups is 1. The van der Waals surface area contributed by atoms with Crippen molar-refractivity contribution in [3.63, 3.8) is 0 Å². The van der Waals surface area contributed by atoms with Gasteiger partial charge in [-0.2, -0.15) is 0 Å². The first-order valence-electron chi connectivity index (χ1n) is 6.22. The highest BCUT2D eigenvalue weighted by molar-refractivity contribution is 7.99. The summed E-state index contributed by atoms with van der Waals surface area (Å²) in [7, 11) is 0. The topological polar surface area (TPSA) is 29.1 Å². The molecule has 0 fully saturated rings. The van der Waals surface area contributed by atoms with Gasteiger partial charge in [-0.05, 0) is 29.8 Å². The smallest absolute Gasteiger partial charge is 0.234 e. The maximum Gasteiger partial charge on any atom is 0.234 e. The minimum atomic E-state index is -0.806. The fourth-order valence-electron chi connectivity index (χ4n) is 1.67. The molecule has 0 heterocycles. The molecule has 2 rings (SSSR count). The Hall–Kier alpha value is -1.30. The van der Waals surface area contributed by atoms with Gasteiger partial charge in [0.15, 0.2) is 0 Å². The van der Waals surface area contributed by atoms with E-state index in [0.29, 0.717) is 15.8 Å². The van der Waals surface area contributed by atoms with Crippen LogP contribution in [0.1, 0.15) is 5.56 Å². The van der Waals surface area contributed by atoms with Crippen LogP contribution in [-0.2, 0) is 10.5 Å². The van der Waals surface area contributed by atoms with Crippen LogP contribution in [0.15, 0.2) is 36.4 Å². The van der Waals surface area contributed by atoms with E-state index in [1.54, 1.807) is 18.2 Å². The van der Waals surface area contributed by atoms with Crippen molar-refractivity contribution in [1.82, 2.24) is 0 Å². The average Bonchev–Trinajstić information content (AvgIpc) is 2.44. The third-order valence-electron chi connectivity index (χ3n) is 2.71. The second kappa shape index (κ2) is 7.81. The van der Waals surface area contributed by atoms with Crippen LogP contribution < -0.4 is 5.32 Å². The lowest BCUT2D eigenvalue weighted by atomic mass is 10.2. The molecule has 0 spiro atoms. The van der Waals surface area contributed by atoms with Crippen LogP contribution in [0.4, 0.5) is 14.5 Å². The largest absolute Gasteiger partial charge is 0.323 e. The molecule has 2 aromatic carbocycles. The molecule has 0 aliphatic carbocycles. The summed E-state index contributed by atoms with van der Waals surface area (Å²) in [5.41, 5.74) is 0.813. The van der Waals surface area contributed by atoms with Crippen LogP contribution in [0, 0.1) is 11.6 Å². The first-order valence-corrected chi connectivity index (χ1v) is 8.13. The second-order valence-corrected chi connectivity index (χ2v) is 6.23. The van der Waals surface area contributed by atoms with E-state index in [2.05, 4.69) is 5.32 Å². The fourth-order valence-corrected chi connectivity index (χ4v) is 3.06. The van der Waals surface area contributed by atoms with Crippen molar-refractivity contribution in [2.75, 3.05) is 11.1 Å². The van der Waals surface area contributed by atoms with Gasteiger partial charge in [0.1, 0.15) is 11.6 Å². The van der Waals surface area contributed by atoms with Crippen molar-refractivity contribution in [1.29, 1.82) is 0 Å². The van der Waals surface area contributed by atoms with Crippen molar-refractivity contribution in [3.8, 4) is 0 Å². The minimum Gasteiger partial charge on any atom is -0.323 e. The lowest BCUT2D eigenvalue weighted by molar-refractivity contribution is -0.113. The molecule has 116 valence electrons. The van der Waals surface area contributed by atoms with Gasteiger partial charge in [0.2, 0.25) is 5.91 Å². The number of benzene rings is 2. The summed E-state index contributed by atoms with van der Waals surface area (Å²) in [6, 6.07) is 8.12. The van der Waals surface area contributed by atoms with E-state index in [9.17, 15) is 13.6 Å². The van der Waals surface area contributed by atoms with Crippen molar-refractivity contribution < 1.29 is 13.6 Å². The quantitative estimate of drug-likeness (QED) is 0.798. The Morgan fingerprint density at radius 1 is 1.14 bits per heavy atom. The Morgan fingerprint density at radius 3 is 2.59 bits per heavy atom. The highest BCUT2D eigenvalue weighted by atomic mass is 35.5. The normalized spacial score (nSPS) is 10.5. The summed E-state index contributed by atoms with van der Waals surface area (Å²) in [6.07, 6.45) is 0. The van der Waals surface area contributed by atoms with Crippen LogP contribution in [0.2, 0.25) is 10.0 Å². The van der Waals surface area contributed by atoms with Crippen LogP contribution in [-0.4, -0.2) is 11.7 Å². The Bertz CT molecular complexity index is 697. The van der Waals surface area contributed by atoms with Gasteiger partial charge >= 0.3 is 0 Å². The van der Waals surface area contributed by atoms with Crippen molar-refractivity contribution in [3.05, 3.63) is 63.6 Å². The standard InChI is InChI=1S/C15H11Cl2F2NOS/c16-10-2-1-9(12(17)5-10)7-22-8-15(21)20-14-4-3-11(18)6-13(14)19/h1-6H,7-8H2,(H,20,21). The van der Waals surface area contributed by atoms with Gasteiger partial charge in [0.25, 0.3) is 0 Å². The Balaban J connectivity index is 1.85. The third kappa shape index (κ3) is 4.87. The van der Waals surface area contributed by atoms with E-state index >= 15 is 0 Å². The number of amides is 1. The summed E-state index contributed by atoms with van der Waals surface area (Å²) in [5, 5.41) is 3.47. The van der Waals surface area contributed by atoms with E-state index in [1.165, 1.54) is 17.8 Å². The highest BCUT2D eigenvalue weighted by Crippen LogP contribution is 2.25. The molecular formula is C15H11Cl2F2NOS. The molecule has 0 aromatic heterocycles. The Kier molecular flexibility index (Phi) is 6.06. The number of nitrogens with one attached hydrogen (secondary N) is 1. The summed E-state index contributed by atoms with van der Waals surface area (Å²) >= 11 is 13.2. The molecule has 2 nitrogen and oxygen atoms in total. The zero-order valence-corrected chi connectivity index (χ0v) is 13.5. The summed E-state index contributed by atoms with van der Waals surface area (Å²) < 4.78 is 26.2. The van der Waals surface area contributed by atoms with E-state index in [-0.39, 0.29) is 17.3 Å². The molecular weight excluding hydrogens is 351 g/mol. The van der Waals surface area contributed by atoms with E-state index in [1.807, 2.05) is 0 Å². The summed E-state index contributed by atoms with van der Waals surface area (Å²) in [5.74, 6) is -1.23. The first kappa shape index (κ1) is 17.1. The third-order valence-corrected chi connectivity index (χ3v) is 4.28. The Labute approximate surface area is 140 Å². The van der Waals surface area contributed by atoms with Crippen LogP contribution >= 0.6 is 35.0 Å². The Morgan fingerprint density at radius 2 is 1.91 bits per heavy atom. The molecule has 0 aliphatic rings. The van der Waals surface area contributed by atoms with Gasteiger partial charge < -0.3 is 5.32 Å². The minimum absolute atomic E-state index is 0.0449. The molecule has 0 aliphatic heterocycles. The lowest BCUT2D eigenvalue weighted by Crippen LogP contribution is -2.15. The highest BCUT2D eigenvalue weighted by Gasteiger charge is 2.09. The summed E-state index contributed by atoms with van der Waals surface area (Å²) in [6.45, 7) is 0. The monoisotopic (exact) mass is 361 g/mol. The van der Waals surface area contributed by atoms with Crippen LogP contribution in [0.5, 0.6) is 0 Å². The molecule has 7 heteroatoms. The van der Waals surface area contributed by atoms with Crippen molar-refractivity contribution in [2.24, 2.45) is 0 Å². The van der Waals surface area contributed by atoms with Gasteiger partial charge in [0, 0.05) is 21.9 Å². The predicted octanol–water partition coefficient (Wildman–Crippen LogP) is 5.14. The van der Waals surface area contributed by atoms with E-state index in [4.69, 9.17) is 23.2 Å². The maximum absolute atomic E-state index is 13.4. The number of halogens is 4. The molecule has 1 N–H and O–H groups in total. The van der Waals surface area contributed by atoms with Gasteiger partial charge in [-0.3, -0.25) is 4.79 Å². The maximum atomic E-state index is 13.4. The van der Waals surface area contributed by atoms with Crippen molar-refractivity contribution in [2.45, 2.75) is 5.75 Å². The predicted molar refractivity (Wildman–Crippen MR) is 87.6 cm³/mol. The number of anilines is 1. The molecule has 0 atom stereocenters. The number of thioether (sulfide) groups is 1. The lowest BCUT2D eigenvalue weighted by Gasteiger charge is -2.07. The van der Waals surface area contributed by atoms with Crippen LogP contribution in [0.25, 0.3) is 0 Å². The van der Waals surface area contributed by atoms with Crippen LogP contribution in [0.3, 0.4) is 0 Å². The molecule has 22 heavy (non-hydrogen) atoms. The molecule has 0 saturated heterocycles. The molecule has 0 radical (unpaired) electrons. The summed E-state index contributed by atoms with van der Waals surface area (Å²) in [4.78, 5) is 11.7. The molecule has 2 aromatic rings. The van der Waals surface area contributed by atoms with Gasteiger partial charge in [0.05, 0.1) is 11.4 Å². The number of rotatable bonds is 5. The average molecular weight is 362 g/mol. The second-order valence-electron chi connectivity index (χ2n) is 4.40. The zero-order valence-electron chi connectivity index (χ0n) is 11.2. The SMILES string of the molecule is O=C(CSCc1ccc(Cl)cc1Cl)Nc1ccc(F)cc1F. The number of hydrogen-bond donors (Lipinski definition) is 1. The first-order chi connectivity index (χ1) is 10.5.